The van der Waals surface area contributed by atoms with Gasteiger partial charge in [0, 0.05) is 22.7 Å². The minimum atomic E-state index is -4.86. The van der Waals surface area contributed by atoms with Crippen LogP contribution in [0.15, 0.2) is 36.4 Å². The molecule has 2 aromatic rings. The molecule has 0 radical (unpaired) electrons. The molecule has 4 nitrogen and oxygen atoms in total. The summed E-state index contributed by atoms with van der Waals surface area (Å²) in [5, 5.41) is 2.53. The van der Waals surface area contributed by atoms with E-state index < -0.39 is 11.8 Å². The number of hydrogen-bond donors (Lipinski definition) is 2. The summed E-state index contributed by atoms with van der Waals surface area (Å²) in [6.45, 7) is 3.95. The molecule has 0 bridgehead atoms. The van der Waals surface area contributed by atoms with Gasteiger partial charge in [0.1, 0.15) is 0 Å². The first-order valence-electron chi connectivity index (χ1n) is 9.96. The Bertz CT molecular complexity index is 1110. The van der Waals surface area contributed by atoms with E-state index in [-0.39, 0.29) is 49.1 Å². The number of thioether (sulfide) groups is 1. The van der Waals surface area contributed by atoms with Crippen molar-refractivity contribution in [3.8, 4) is 0 Å². The second kappa shape index (κ2) is 10.8. The molecule has 1 heterocycles. The third-order valence-electron chi connectivity index (χ3n) is 5.11. The summed E-state index contributed by atoms with van der Waals surface area (Å²) in [6, 6.07) is 6.81. The average molecular weight is 574 g/mol. The van der Waals surface area contributed by atoms with Crippen molar-refractivity contribution in [1.82, 2.24) is 10.8 Å². The molecule has 12 heteroatoms. The van der Waals surface area contributed by atoms with Crippen LogP contribution in [0.2, 0.25) is 20.1 Å². The molecule has 2 aromatic carbocycles. The molecule has 184 valence electrons. The van der Waals surface area contributed by atoms with Crippen molar-refractivity contribution in [2.45, 2.75) is 37.4 Å². The van der Waals surface area contributed by atoms with E-state index in [1.54, 1.807) is 19.1 Å². The summed E-state index contributed by atoms with van der Waals surface area (Å²) in [4.78, 5) is 17.2. The molecule has 2 unspecified atom stereocenters. The van der Waals surface area contributed by atoms with Crippen molar-refractivity contribution >= 4 is 69.8 Å². The number of amides is 1. The standard InChI is InChI=1S/C22H19Cl4F3N2O2S/c1-3-34-11(2)20(32)30-10-13-5-4-12(6-15(13)23)18-9-21(33-31-18,22(27,28)29)14-7-16(24)19(26)17(25)8-14/h4-9,11,31H,3,10H2,1-2H3,(H,30,32). The van der Waals surface area contributed by atoms with E-state index >= 15 is 0 Å². The van der Waals surface area contributed by atoms with Gasteiger partial charge in [0.2, 0.25) is 11.5 Å². The number of rotatable bonds is 7. The van der Waals surface area contributed by atoms with Crippen LogP contribution in [0.4, 0.5) is 13.2 Å². The molecule has 34 heavy (non-hydrogen) atoms. The number of halogens is 7. The second-order valence-electron chi connectivity index (χ2n) is 7.37. The van der Waals surface area contributed by atoms with E-state index in [0.717, 1.165) is 24.0 Å². The van der Waals surface area contributed by atoms with Gasteiger partial charge in [-0.3, -0.25) is 15.1 Å². The lowest BCUT2D eigenvalue weighted by molar-refractivity contribution is -0.269. The van der Waals surface area contributed by atoms with Gasteiger partial charge in [-0.2, -0.15) is 13.2 Å². The maximum atomic E-state index is 14.2. The van der Waals surface area contributed by atoms with E-state index in [4.69, 9.17) is 51.2 Å². The van der Waals surface area contributed by atoms with Crippen LogP contribution in [-0.4, -0.2) is 23.1 Å². The molecule has 0 aromatic heterocycles. The molecular formula is C22H19Cl4F3N2O2S. The molecular weight excluding hydrogens is 555 g/mol. The lowest BCUT2D eigenvalue weighted by Crippen LogP contribution is -2.42. The van der Waals surface area contributed by atoms with Gasteiger partial charge in [0.15, 0.2) is 0 Å². The number of carbonyl (C=O) groups excluding carboxylic acids is 1. The zero-order chi connectivity index (χ0) is 25.3. The largest absolute Gasteiger partial charge is 0.428 e. The number of hydroxylamine groups is 1. The summed E-state index contributed by atoms with van der Waals surface area (Å²) in [5.41, 5.74) is 0.159. The molecule has 0 aliphatic carbocycles. The van der Waals surface area contributed by atoms with Crippen molar-refractivity contribution in [3.05, 3.63) is 73.2 Å². The smallest absolute Gasteiger partial charge is 0.351 e. The highest BCUT2D eigenvalue weighted by Gasteiger charge is 2.59. The summed E-state index contributed by atoms with van der Waals surface area (Å²) < 4.78 is 42.6. The first-order chi connectivity index (χ1) is 15.9. The fourth-order valence-corrected chi connectivity index (χ4v) is 4.84. The highest BCUT2D eigenvalue weighted by molar-refractivity contribution is 8.00. The number of alkyl halides is 3. The minimum Gasteiger partial charge on any atom is -0.351 e. The van der Waals surface area contributed by atoms with Gasteiger partial charge in [-0.1, -0.05) is 65.5 Å². The summed E-state index contributed by atoms with van der Waals surface area (Å²) in [5.74, 6) is 0.679. The maximum absolute atomic E-state index is 14.2. The lowest BCUT2D eigenvalue weighted by Gasteiger charge is -2.29. The van der Waals surface area contributed by atoms with Crippen molar-refractivity contribution < 1.29 is 22.8 Å². The first kappa shape index (κ1) is 27.3. The fraction of sp³-hybridized carbons (Fsp3) is 0.318. The maximum Gasteiger partial charge on any atom is 0.428 e. The topological polar surface area (TPSA) is 50.4 Å². The highest BCUT2D eigenvalue weighted by Crippen LogP contribution is 2.49. The lowest BCUT2D eigenvalue weighted by atomic mass is 9.91. The molecule has 1 amide bonds. The Morgan fingerprint density at radius 3 is 2.35 bits per heavy atom. The Kier molecular flexibility index (Phi) is 8.64. The van der Waals surface area contributed by atoms with Crippen LogP contribution in [0, 0.1) is 0 Å². The SMILES string of the molecule is CCSC(C)C(=O)NCc1ccc(C2=CC(c3cc(Cl)c(Cl)c(Cl)c3)(C(F)(F)F)ON2)cc1Cl. The zero-order valence-corrected chi connectivity index (χ0v) is 21.7. The molecule has 0 saturated heterocycles. The number of benzene rings is 2. The van der Waals surface area contributed by atoms with E-state index in [2.05, 4.69) is 10.8 Å². The third-order valence-corrected chi connectivity index (χ3v) is 7.70. The Morgan fingerprint density at radius 1 is 1.15 bits per heavy atom. The summed E-state index contributed by atoms with van der Waals surface area (Å²) in [6.07, 6.45) is -3.97. The van der Waals surface area contributed by atoms with Crippen molar-refractivity contribution in [2.75, 3.05) is 5.75 Å². The van der Waals surface area contributed by atoms with Crippen LogP contribution in [0.3, 0.4) is 0 Å². The van der Waals surface area contributed by atoms with Gasteiger partial charge < -0.3 is 5.32 Å². The Morgan fingerprint density at radius 2 is 1.79 bits per heavy atom. The number of hydrogen-bond acceptors (Lipinski definition) is 4. The van der Waals surface area contributed by atoms with Crippen molar-refractivity contribution in [2.24, 2.45) is 0 Å². The molecule has 0 spiro atoms. The number of carbonyl (C=O) groups is 1. The van der Waals surface area contributed by atoms with Crippen LogP contribution < -0.4 is 10.8 Å². The monoisotopic (exact) mass is 572 g/mol. The third kappa shape index (κ3) is 5.58. The zero-order valence-electron chi connectivity index (χ0n) is 17.8. The Balaban J connectivity index is 1.90. The van der Waals surface area contributed by atoms with Crippen LogP contribution in [0.1, 0.15) is 30.5 Å². The quantitative estimate of drug-likeness (QED) is 0.339. The molecule has 0 saturated carbocycles. The van der Waals surface area contributed by atoms with E-state index in [1.165, 1.54) is 17.8 Å². The normalized spacial score (nSPS) is 18.9. The van der Waals surface area contributed by atoms with Gasteiger partial charge in [0.05, 0.1) is 26.0 Å². The Hall–Kier alpha value is -1.29. The van der Waals surface area contributed by atoms with Crippen molar-refractivity contribution in [3.63, 3.8) is 0 Å². The van der Waals surface area contributed by atoms with Crippen LogP contribution in [0.5, 0.6) is 0 Å². The summed E-state index contributed by atoms with van der Waals surface area (Å²) >= 11 is 25.7. The van der Waals surface area contributed by atoms with Gasteiger partial charge in [-0.05, 0) is 42.5 Å². The van der Waals surface area contributed by atoms with E-state index in [0.29, 0.717) is 11.1 Å². The van der Waals surface area contributed by atoms with E-state index in [9.17, 15) is 18.0 Å². The first-order valence-corrected chi connectivity index (χ1v) is 12.5. The molecule has 1 aliphatic rings. The van der Waals surface area contributed by atoms with Crippen LogP contribution >= 0.6 is 58.2 Å². The molecule has 0 fully saturated rings. The predicted octanol–water partition coefficient (Wildman–Crippen LogP) is 7.39. The van der Waals surface area contributed by atoms with Crippen LogP contribution in [-0.2, 0) is 21.8 Å². The van der Waals surface area contributed by atoms with Gasteiger partial charge in [0.25, 0.3) is 0 Å². The molecule has 1 aliphatic heterocycles. The number of nitrogens with one attached hydrogen (secondary N) is 2. The highest BCUT2D eigenvalue weighted by atomic mass is 35.5. The minimum absolute atomic E-state index is 0.0463. The van der Waals surface area contributed by atoms with E-state index in [1.807, 2.05) is 6.92 Å². The van der Waals surface area contributed by atoms with Crippen molar-refractivity contribution in [1.29, 1.82) is 0 Å². The summed E-state index contributed by atoms with van der Waals surface area (Å²) in [7, 11) is 0. The second-order valence-corrected chi connectivity index (χ2v) is 10.6. The van der Waals surface area contributed by atoms with Gasteiger partial charge in [-0.25, -0.2) is 0 Å². The van der Waals surface area contributed by atoms with Gasteiger partial charge in [-0.15, -0.1) is 11.8 Å². The van der Waals surface area contributed by atoms with Gasteiger partial charge >= 0.3 is 6.18 Å². The molecule has 3 rings (SSSR count). The molecule has 2 atom stereocenters. The predicted molar refractivity (Wildman–Crippen MR) is 132 cm³/mol. The van der Waals surface area contributed by atoms with Crippen LogP contribution in [0.25, 0.3) is 5.70 Å². The fourth-order valence-electron chi connectivity index (χ4n) is 3.27. The average Bonchev–Trinajstić information content (AvgIpc) is 3.23. The Labute approximate surface area is 219 Å². The molecule has 2 N–H and O–H groups in total.